The van der Waals surface area contributed by atoms with E-state index in [9.17, 15) is 19.1 Å². The Morgan fingerprint density at radius 2 is 1.68 bits per heavy atom. The third-order valence-electron chi connectivity index (χ3n) is 3.73. The molecule has 0 aliphatic heterocycles. The van der Waals surface area contributed by atoms with Crippen LogP contribution in [-0.4, -0.2) is 29.5 Å². The van der Waals surface area contributed by atoms with E-state index in [4.69, 9.17) is 0 Å². The molecule has 2 atom stereocenters. The second kappa shape index (κ2) is 8.94. The van der Waals surface area contributed by atoms with E-state index in [0.29, 0.717) is 5.56 Å². The second-order valence-electron chi connectivity index (χ2n) is 5.79. The Morgan fingerprint density at radius 3 is 2.32 bits per heavy atom. The predicted molar refractivity (Wildman–Crippen MR) is 92.1 cm³/mol. The number of rotatable bonds is 7. The number of aliphatic hydroxyl groups is 1. The molecule has 0 aliphatic carbocycles. The first kappa shape index (κ1) is 18.6. The van der Waals surface area contributed by atoms with Crippen LogP contribution in [0.15, 0.2) is 54.6 Å². The fourth-order valence-electron chi connectivity index (χ4n) is 2.36. The van der Waals surface area contributed by atoms with Gasteiger partial charge in [-0.15, -0.1) is 0 Å². The van der Waals surface area contributed by atoms with Crippen molar-refractivity contribution < 1.29 is 19.1 Å². The average molecular weight is 344 g/mol. The standard InChI is InChI=1S/C19H21FN2O3/c1-13(19(25)15-7-9-16(20)10-8-15)22-18(24)12-21-17(23)11-14-5-3-2-4-6-14/h2-10,13,19,25H,11-12H2,1H3,(H,21,23)(H,22,24). The summed E-state index contributed by atoms with van der Waals surface area (Å²) in [6.07, 6.45) is -0.772. The first-order valence-corrected chi connectivity index (χ1v) is 7.99. The lowest BCUT2D eigenvalue weighted by molar-refractivity contribution is -0.126. The molecule has 2 aromatic carbocycles. The maximum Gasteiger partial charge on any atom is 0.239 e. The van der Waals surface area contributed by atoms with Crippen LogP contribution in [0.1, 0.15) is 24.2 Å². The zero-order valence-electron chi connectivity index (χ0n) is 13.9. The number of nitrogens with one attached hydrogen (secondary N) is 2. The monoisotopic (exact) mass is 344 g/mol. The zero-order valence-corrected chi connectivity index (χ0v) is 13.9. The molecule has 5 nitrogen and oxygen atoms in total. The van der Waals surface area contributed by atoms with E-state index in [1.165, 1.54) is 24.3 Å². The van der Waals surface area contributed by atoms with Crippen LogP contribution in [0.25, 0.3) is 0 Å². The van der Waals surface area contributed by atoms with Gasteiger partial charge in [-0.25, -0.2) is 4.39 Å². The molecule has 0 saturated carbocycles. The van der Waals surface area contributed by atoms with Gasteiger partial charge >= 0.3 is 0 Å². The molecule has 0 heterocycles. The average Bonchev–Trinajstić information content (AvgIpc) is 2.61. The summed E-state index contributed by atoms with van der Waals surface area (Å²) in [5.41, 5.74) is 1.36. The molecule has 2 amide bonds. The topological polar surface area (TPSA) is 78.4 Å². The number of hydrogen-bond acceptors (Lipinski definition) is 3. The summed E-state index contributed by atoms with van der Waals surface area (Å²) in [6, 6.07) is 14.1. The lowest BCUT2D eigenvalue weighted by Gasteiger charge is -2.20. The molecule has 3 N–H and O–H groups in total. The van der Waals surface area contributed by atoms with E-state index in [0.717, 1.165) is 5.56 Å². The molecule has 0 spiro atoms. The summed E-state index contributed by atoms with van der Waals surface area (Å²) in [5, 5.41) is 15.3. The van der Waals surface area contributed by atoms with Crippen molar-refractivity contribution in [1.82, 2.24) is 10.6 Å². The van der Waals surface area contributed by atoms with Crippen molar-refractivity contribution in [2.24, 2.45) is 0 Å². The van der Waals surface area contributed by atoms with Gasteiger partial charge in [0.2, 0.25) is 11.8 Å². The minimum Gasteiger partial charge on any atom is -0.386 e. The summed E-state index contributed by atoms with van der Waals surface area (Å²) in [6.45, 7) is 1.46. The van der Waals surface area contributed by atoms with Crippen LogP contribution in [0.3, 0.4) is 0 Å². The smallest absolute Gasteiger partial charge is 0.239 e. The van der Waals surface area contributed by atoms with E-state index < -0.39 is 23.9 Å². The van der Waals surface area contributed by atoms with Gasteiger partial charge in [-0.05, 0) is 30.2 Å². The molecular formula is C19H21FN2O3. The largest absolute Gasteiger partial charge is 0.386 e. The van der Waals surface area contributed by atoms with Crippen molar-refractivity contribution in [2.45, 2.75) is 25.5 Å². The molecule has 0 saturated heterocycles. The van der Waals surface area contributed by atoms with Gasteiger partial charge in [0.25, 0.3) is 0 Å². The van der Waals surface area contributed by atoms with Gasteiger partial charge in [0.15, 0.2) is 0 Å². The second-order valence-corrected chi connectivity index (χ2v) is 5.79. The fraction of sp³-hybridized carbons (Fsp3) is 0.263. The number of halogens is 1. The van der Waals surface area contributed by atoms with Crippen LogP contribution in [0, 0.1) is 5.82 Å². The summed E-state index contributed by atoms with van der Waals surface area (Å²) >= 11 is 0. The van der Waals surface area contributed by atoms with Gasteiger partial charge in [-0.1, -0.05) is 42.5 Å². The van der Waals surface area contributed by atoms with Gasteiger partial charge < -0.3 is 15.7 Å². The number of amides is 2. The molecule has 2 rings (SSSR count). The third-order valence-corrected chi connectivity index (χ3v) is 3.73. The summed E-state index contributed by atoms with van der Waals surface area (Å²) in [5.74, 6) is -1.06. The molecule has 2 aromatic rings. The molecule has 0 radical (unpaired) electrons. The van der Waals surface area contributed by atoms with Crippen LogP contribution >= 0.6 is 0 Å². The van der Waals surface area contributed by atoms with E-state index in [2.05, 4.69) is 10.6 Å². The van der Waals surface area contributed by atoms with Crippen LogP contribution in [-0.2, 0) is 16.0 Å². The van der Waals surface area contributed by atoms with Crippen molar-refractivity contribution in [1.29, 1.82) is 0 Å². The van der Waals surface area contributed by atoms with Gasteiger partial charge in [0, 0.05) is 0 Å². The molecule has 132 valence electrons. The van der Waals surface area contributed by atoms with E-state index in [1.807, 2.05) is 30.3 Å². The number of benzene rings is 2. The number of hydrogen-bond donors (Lipinski definition) is 3. The van der Waals surface area contributed by atoms with Gasteiger partial charge in [0.1, 0.15) is 5.82 Å². The van der Waals surface area contributed by atoms with Gasteiger partial charge in [-0.3, -0.25) is 9.59 Å². The van der Waals surface area contributed by atoms with Crippen molar-refractivity contribution in [3.8, 4) is 0 Å². The van der Waals surface area contributed by atoms with Crippen molar-refractivity contribution in [3.63, 3.8) is 0 Å². The Bertz CT molecular complexity index is 704. The third kappa shape index (κ3) is 6.00. The Kier molecular flexibility index (Phi) is 6.65. The van der Waals surface area contributed by atoms with Gasteiger partial charge in [-0.2, -0.15) is 0 Å². The highest BCUT2D eigenvalue weighted by atomic mass is 19.1. The van der Waals surface area contributed by atoms with Crippen LogP contribution in [0.5, 0.6) is 0 Å². The quantitative estimate of drug-likeness (QED) is 0.716. The molecule has 0 aromatic heterocycles. The Labute approximate surface area is 145 Å². The molecule has 0 fully saturated rings. The van der Waals surface area contributed by atoms with E-state index in [-0.39, 0.29) is 18.9 Å². The van der Waals surface area contributed by atoms with E-state index in [1.54, 1.807) is 6.92 Å². The molecule has 6 heteroatoms. The molecule has 2 unspecified atom stereocenters. The normalized spacial score (nSPS) is 12.9. The van der Waals surface area contributed by atoms with Crippen LogP contribution in [0.2, 0.25) is 0 Å². The number of carbonyl (C=O) groups is 2. The van der Waals surface area contributed by atoms with E-state index >= 15 is 0 Å². The minimum absolute atomic E-state index is 0.174. The predicted octanol–water partition coefficient (Wildman–Crippen LogP) is 1.72. The van der Waals surface area contributed by atoms with Crippen molar-refractivity contribution in [3.05, 3.63) is 71.5 Å². The number of aliphatic hydroxyl groups excluding tert-OH is 1. The summed E-state index contributed by atoms with van der Waals surface area (Å²) in [7, 11) is 0. The lowest BCUT2D eigenvalue weighted by atomic mass is 10.0. The minimum atomic E-state index is -0.968. The van der Waals surface area contributed by atoms with Crippen LogP contribution in [0.4, 0.5) is 4.39 Å². The zero-order chi connectivity index (χ0) is 18.2. The Morgan fingerprint density at radius 1 is 1.04 bits per heavy atom. The highest BCUT2D eigenvalue weighted by molar-refractivity contribution is 5.85. The summed E-state index contributed by atoms with van der Waals surface area (Å²) < 4.78 is 12.9. The Balaban J connectivity index is 1.77. The maximum atomic E-state index is 12.9. The lowest BCUT2D eigenvalue weighted by Crippen LogP contribution is -2.43. The molecular weight excluding hydrogens is 323 g/mol. The van der Waals surface area contributed by atoms with Gasteiger partial charge in [0.05, 0.1) is 25.1 Å². The first-order valence-electron chi connectivity index (χ1n) is 7.99. The molecule has 25 heavy (non-hydrogen) atoms. The van der Waals surface area contributed by atoms with Crippen molar-refractivity contribution >= 4 is 11.8 Å². The highest BCUT2D eigenvalue weighted by Crippen LogP contribution is 2.16. The Hall–Kier alpha value is -2.73. The highest BCUT2D eigenvalue weighted by Gasteiger charge is 2.18. The maximum absolute atomic E-state index is 12.9. The van der Waals surface area contributed by atoms with Crippen LogP contribution < -0.4 is 10.6 Å². The number of carbonyl (C=O) groups excluding carboxylic acids is 2. The SMILES string of the molecule is CC(NC(=O)CNC(=O)Cc1ccccc1)C(O)c1ccc(F)cc1. The molecule has 0 bridgehead atoms. The first-order chi connectivity index (χ1) is 12.0. The fourth-order valence-corrected chi connectivity index (χ4v) is 2.36. The summed E-state index contributed by atoms with van der Waals surface area (Å²) in [4.78, 5) is 23.7. The van der Waals surface area contributed by atoms with Crippen molar-refractivity contribution in [2.75, 3.05) is 6.54 Å². The molecule has 0 aliphatic rings.